The van der Waals surface area contributed by atoms with Crippen LogP contribution in [0.1, 0.15) is 30.3 Å². The van der Waals surface area contributed by atoms with Gasteiger partial charge in [0.2, 0.25) is 0 Å². The maximum atomic E-state index is 8.91. The summed E-state index contributed by atoms with van der Waals surface area (Å²) in [6.07, 6.45) is 5.56. The van der Waals surface area contributed by atoms with Gasteiger partial charge >= 0.3 is 0 Å². The van der Waals surface area contributed by atoms with Crippen molar-refractivity contribution in [1.82, 2.24) is 9.55 Å². The lowest BCUT2D eigenvalue weighted by atomic mass is 10.1. The van der Waals surface area contributed by atoms with Gasteiger partial charge in [-0.3, -0.25) is 0 Å². The fourth-order valence-electron chi connectivity index (χ4n) is 2.08. The Hall–Kier alpha value is -2.30. The SMILES string of the molecule is CCCc1nccn1-c1ccc(C)cc1/C(N)=N/O. The van der Waals surface area contributed by atoms with Gasteiger partial charge in [-0.2, -0.15) is 0 Å². The summed E-state index contributed by atoms with van der Waals surface area (Å²) in [4.78, 5) is 4.35. The number of nitrogens with zero attached hydrogens (tertiary/aromatic N) is 3. The smallest absolute Gasteiger partial charge is 0.172 e. The zero-order valence-electron chi connectivity index (χ0n) is 11.2. The molecule has 19 heavy (non-hydrogen) atoms. The summed E-state index contributed by atoms with van der Waals surface area (Å²) in [7, 11) is 0. The quantitative estimate of drug-likeness (QED) is 0.382. The van der Waals surface area contributed by atoms with Crippen LogP contribution in [0.15, 0.2) is 35.7 Å². The molecule has 1 aromatic heterocycles. The molecule has 1 aromatic carbocycles. The van der Waals surface area contributed by atoms with Gasteiger partial charge < -0.3 is 15.5 Å². The Morgan fingerprint density at radius 1 is 1.47 bits per heavy atom. The van der Waals surface area contributed by atoms with Crippen LogP contribution in [0, 0.1) is 6.92 Å². The van der Waals surface area contributed by atoms with E-state index in [0.717, 1.165) is 29.9 Å². The Kier molecular flexibility index (Phi) is 3.85. The average molecular weight is 258 g/mol. The molecule has 0 aliphatic carbocycles. The molecule has 0 spiro atoms. The number of imidazole rings is 1. The van der Waals surface area contributed by atoms with Crippen molar-refractivity contribution in [3.63, 3.8) is 0 Å². The third kappa shape index (κ3) is 2.59. The Bertz CT molecular complexity index is 601. The van der Waals surface area contributed by atoms with Crippen molar-refractivity contribution >= 4 is 5.84 Å². The molecule has 0 bridgehead atoms. The van der Waals surface area contributed by atoms with Gasteiger partial charge in [0.15, 0.2) is 5.84 Å². The second-order valence-electron chi connectivity index (χ2n) is 4.47. The molecular weight excluding hydrogens is 240 g/mol. The Morgan fingerprint density at radius 2 is 2.26 bits per heavy atom. The van der Waals surface area contributed by atoms with E-state index in [1.165, 1.54) is 0 Å². The highest BCUT2D eigenvalue weighted by molar-refractivity contribution is 6.00. The zero-order chi connectivity index (χ0) is 13.8. The summed E-state index contributed by atoms with van der Waals surface area (Å²) in [5.41, 5.74) is 8.40. The van der Waals surface area contributed by atoms with Gasteiger partial charge in [0, 0.05) is 24.4 Å². The minimum Gasteiger partial charge on any atom is -0.409 e. The molecule has 2 aromatic rings. The lowest BCUT2D eigenvalue weighted by Gasteiger charge is -2.13. The summed E-state index contributed by atoms with van der Waals surface area (Å²) in [6.45, 7) is 4.08. The molecule has 2 rings (SSSR count). The van der Waals surface area contributed by atoms with Gasteiger partial charge in [-0.15, -0.1) is 0 Å². The van der Waals surface area contributed by atoms with E-state index < -0.39 is 0 Å². The van der Waals surface area contributed by atoms with E-state index in [0.29, 0.717) is 5.56 Å². The van der Waals surface area contributed by atoms with Gasteiger partial charge in [0.25, 0.3) is 0 Å². The van der Waals surface area contributed by atoms with Crippen LogP contribution in [0.2, 0.25) is 0 Å². The zero-order valence-corrected chi connectivity index (χ0v) is 11.2. The number of rotatable bonds is 4. The molecule has 0 aliphatic rings. The third-order valence-corrected chi connectivity index (χ3v) is 2.99. The number of amidine groups is 1. The van der Waals surface area contributed by atoms with Crippen LogP contribution in [0.5, 0.6) is 0 Å². The molecule has 0 atom stereocenters. The molecule has 1 heterocycles. The topological polar surface area (TPSA) is 76.4 Å². The number of hydrogen-bond acceptors (Lipinski definition) is 3. The predicted molar refractivity (Wildman–Crippen MR) is 74.8 cm³/mol. The van der Waals surface area contributed by atoms with E-state index in [4.69, 9.17) is 10.9 Å². The Labute approximate surface area is 112 Å². The number of nitrogens with two attached hydrogens (primary N) is 1. The van der Waals surface area contributed by atoms with Crippen molar-refractivity contribution in [2.45, 2.75) is 26.7 Å². The van der Waals surface area contributed by atoms with E-state index in [-0.39, 0.29) is 5.84 Å². The van der Waals surface area contributed by atoms with Crippen LogP contribution < -0.4 is 5.73 Å². The van der Waals surface area contributed by atoms with E-state index in [1.54, 1.807) is 6.20 Å². The summed E-state index contributed by atoms with van der Waals surface area (Å²) in [5, 5.41) is 12.0. The number of aryl methyl sites for hydroxylation is 2. The first-order valence-corrected chi connectivity index (χ1v) is 6.28. The van der Waals surface area contributed by atoms with Crippen molar-refractivity contribution < 1.29 is 5.21 Å². The number of benzene rings is 1. The first-order valence-electron chi connectivity index (χ1n) is 6.28. The summed E-state index contributed by atoms with van der Waals surface area (Å²) < 4.78 is 1.98. The van der Waals surface area contributed by atoms with Crippen LogP contribution >= 0.6 is 0 Å². The molecule has 0 unspecified atom stereocenters. The molecule has 0 amide bonds. The Morgan fingerprint density at radius 3 is 2.95 bits per heavy atom. The highest BCUT2D eigenvalue weighted by Crippen LogP contribution is 2.19. The maximum absolute atomic E-state index is 8.91. The van der Waals surface area contributed by atoms with Crippen LogP contribution in [0.4, 0.5) is 0 Å². The van der Waals surface area contributed by atoms with Crippen LogP contribution in [0.3, 0.4) is 0 Å². The predicted octanol–water partition coefficient (Wildman–Crippen LogP) is 2.23. The average Bonchev–Trinajstić information content (AvgIpc) is 2.86. The fourth-order valence-corrected chi connectivity index (χ4v) is 2.08. The number of aromatic nitrogens is 2. The third-order valence-electron chi connectivity index (χ3n) is 2.99. The standard InChI is InChI=1S/C14H18N4O/c1-3-4-13-16-7-8-18(13)12-6-5-10(2)9-11(12)14(15)17-19/h5-9,19H,3-4H2,1-2H3,(H2,15,17). The molecule has 5 nitrogen and oxygen atoms in total. The maximum Gasteiger partial charge on any atom is 0.172 e. The number of oxime groups is 1. The van der Waals surface area contributed by atoms with Gasteiger partial charge in [0.1, 0.15) is 5.82 Å². The number of hydrogen-bond donors (Lipinski definition) is 2. The molecule has 0 saturated heterocycles. The minimum absolute atomic E-state index is 0.106. The summed E-state index contributed by atoms with van der Waals surface area (Å²) in [6, 6.07) is 5.86. The Balaban J connectivity index is 2.58. The first kappa shape index (κ1) is 13.1. The molecule has 0 radical (unpaired) electrons. The normalized spacial score (nSPS) is 11.8. The molecular formula is C14H18N4O. The van der Waals surface area contributed by atoms with E-state index in [9.17, 15) is 0 Å². The molecule has 0 fully saturated rings. The highest BCUT2D eigenvalue weighted by Gasteiger charge is 2.12. The lowest BCUT2D eigenvalue weighted by Crippen LogP contribution is -2.17. The van der Waals surface area contributed by atoms with Gasteiger partial charge in [-0.1, -0.05) is 23.7 Å². The van der Waals surface area contributed by atoms with Crippen LogP contribution in [-0.2, 0) is 6.42 Å². The van der Waals surface area contributed by atoms with E-state index in [2.05, 4.69) is 17.1 Å². The molecule has 5 heteroatoms. The van der Waals surface area contributed by atoms with Crippen molar-refractivity contribution in [2.24, 2.45) is 10.9 Å². The second-order valence-corrected chi connectivity index (χ2v) is 4.47. The van der Waals surface area contributed by atoms with E-state index in [1.807, 2.05) is 35.9 Å². The lowest BCUT2D eigenvalue weighted by molar-refractivity contribution is 0.318. The van der Waals surface area contributed by atoms with Crippen molar-refractivity contribution in [3.05, 3.63) is 47.5 Å². The molecule has 0 aliphatic heterocycles. The minimum atomic E-state index is 0.106. The molecule has 100 valence electrons. The van der Waals surface area contributed by atoms with Crippen molar-refractivity contribution in [3.8, 4) is 5.69 Å². The molecule has 3 N–H and O–H groups in total. The van der Waals surface area contributed by atoms with Crippen LogP contribution in [0.25, 0.3) is 5.69 Å². The van der Waals surface area contributed by atoms with Gasteiger partial charge in [-0.05, 0) is 25.5 Å². The van der Waals surface area contributed by atoms with E-state index >= 15 is 0 Å². The van der Waals surface area contributed by atoms with Gasteiger partial charge in [-0.25, -0.2) is 4.98 Å². The molecule has 0 saturated carbocycles. The fraction of sp³-hybridized carbons (Fsp3) is 0.286. The second kappa shape index (κ2) is 5.56. The van der Waals surface area contributed by atoms with Crippen LogP contribution in [-0.4, -0.2) is 20.6 Å². The van der Waals surface area contributed by atoms with Crippen molar-refractivity contribution in [1.29, 1.82) is 0 Å². The van der Waals surface area contributed by atoms with Gasteiger partial charge in [0.05, 0.1) is 5.69 Å². The summed E-state index contributed by atoms with van der Waals surface area (Å²) in [5.74, 6) is 1.08. The highest BCUT2D eigenvalue weighted by atomic mass is 16.4. The summed E-state index contributed by atoms with van der Waals surface area (Å²) >= 11 is 0. The largest absolute Gasteiger partial charge is 0.409 e. The van der Waals surface area contributed by atoms with Crippen molar-refractivity contribution in [2.75, 3.05) is 0 Å². The monoisotopic (exact) mass is 258 g/mol. The first-order chi connectivity index (χ1) is 9.17.